The van der Waals surface area contributed by atoms with Gasteiger partial charge >= 0.3 is 0 Å². The van der Waals surface area contributed by atoms with Gasteiger partial charge in [-0.15, -0.1) is 0 Å². The summed E-state index contributed by atoms with van der Waals surface area (Å²) < 4.78 is 27.2. The minimum absolute atomic E-state index is 0.262. The van der Waals surface area contributed by atoms with Crippen LogP contribution in [0.25, 0.3) is 0 Å². The van der Waals surface area contributed by atoms with Crippen LogP contribution in [0.3, 0.4) is 0 Å². The van der Waals surface area contributed by atoms with Gasteiger partial charge in [0.1, 0.15) is 11.8 Å². The number of nitrogens with one attached hydrogen (secondary N) is 1. The summed E-state index contributed by atoms with van der Waals surface area (Å²) in [6, 6.07) is 9.63. The van der Waals surface area contributed by atoms with Gasteiger partial charge in [-0.25, -0.2) is 13.6 Å². The molecule has 0 fully saturated rings. The second kappa shape index (κ2) is 5.54. The SMILES string of the molecule is N#Cc1ccc(NCc2ccc(S(N)(=O)=O)o2)cc1Cl. The van der Waals surface area contributed by atoms with Crippen molar-refractivity contribution in [3.05, 3.63) is 46.7 Å². The third-order valence-corrected chi connectivity index (χ3v) is 3.57. The highest BCUT2D eigenvalue weighted by molar-refractivity contribution is 7.89. The molecule has 0 atom stereocenters. The monoisotopic (exact) mass is 311 g/mol. The van der Waals surface area contributed by atoms with Crippen LogP contribution < -0.4 is 10.5 Å². The number of hydrogen-bond donors (Lipinski definition) is 2. The average molecular weight is 312 g/mol. The van der Waals surface area contributed by atoms with Crippen molar-refractivity contribution in [3.63, 3.8) is 0 Å². The normalized spacial score (nSPS) is 11.1. The minimum atomic E-state index is -3.83. The van der Waals surface area contributed by atoms with Crippen LogP contribution in [0.15, 0.2) is 39.8 Å². The predicted octanol–water partition coefficient (Wildman–Crippen LogP) is 2.06. The summed E-state index contributed by atoms with van der Waals surface area (Å²) in [4.78, 5) is 0. The lowest BCUT2D eigenvalue weighted by Gasteiger charge is -2.05. The largest absolute Gasteiger partial charge is 0.446 e. The summed E-state index contributed by atoms with van der Waals surface area (Å²) in [5.74, 6) is 0.412. The lowest BCUT2D eigenvalue weighted by molar-refractivity contribution is 0.419. The number of anilines is 1. The Morgan fingerprint density at radius 1 is 1.35 bits per heavy atom. The second-order valence-electron chi connectivity index (χ2n) is 3.93. The average Bonchev–Trinajstić information content (AvgIpc) is 2.85. The molecule has 0 bridgehead atoms. The van der Waals surface area contributed by atoms with Gasteiger partial charge < -0.3 is 9.73 Å². The van der Waals surface area contributed by atoms with Gasteiger partial charge in [0.05, 0.1) is 17.1 Å². The molecule has 0 unspecified atom stereocenters. The Morgan fingerprint density at radius 2 is 2.10 bits per heavy atom. The molecule has 104 valence electrons. The van der Waals surface area contributed by atoms with Crippen molar-refractivity contribution in [2.75, 3.05) is 5.32 Å². The summed E-state index contributed by atoms with van der Waals surface area (Å²) in [5, 5.41) is 16.7. The maximum absolute atomic E-state index is 11.1. The topological polar surface area (TPSA) is 109 Å². The van der Waals surface area contributed by atoms with Crippen LogP contribution in [0.2, 0.25) is 5.02 Å². The Bertz CT molecular complexity index is 777. The van der Waals surface area contributed by atoms with E-state index in [1.807, 2.05) is 6.07 Å². The Morgan fingerprint density at radius 3 is 2.65 bits per heavy atom. The zero-order chi connectivity index (χ0) is 14.8. The van der Waals surface area contributed by atoms with Crippen LogP contribution in [0.5, 0.6) is 0 Å². The number of hydrogen-bond acceptors (Lipinski definition) is 5. The molecule has 0 saturated heterocycles. The molecule has 20 heavy (non-hydrogen) atoms. The van der Waals surface area contributed by atoms with E-state index in [-0.39, 0.29) is 11.6 Å². The molecule has 0 spiro atoms. The van der Waals surface area contributed by atoms with E-state index >= 15 is 0 Å². The van der Waals surface area contributed by atoms with Gasteiger partial charge in [-0.2, -0.15) is 5.26 Å². The van der Waals surface area contributed by atoms with Gasteiger partial charge in [0.25, 0.3) is 10.0 Å². The second-order valence-corrected chi connectivity index (χ2v) is 5.83. The van der Waals surface area contributed by atoms with Crippen molar-refractivity contribution in [3.8, 4) is 6.07 Å². The van der Waals surface area contributed by atoms with Crippen LogP contribution in [0.4, 0.5) is 5.69 Å². The first kappa shape index (κ1) is 14.4. The van der Waals surface area contributed by atoms with E-state index in [4.69, 9.17) is 26.4 Å². The minimum Gasteiger partial charge on any atom is -0.446 e. The van der Waals surface area contributed by atoms with Crippen LogP contribution in [-0.4, -0.2) is 8.42 Å². The molecule has 8 heteroatoms. The number of furan rings is 1. The Balaban J connectivity index is 2.08. The maximum Gasteiger partial charge on any atom is 0.271 e. The van der Waals surface area contributed by atoms with E-state index < -0.39 is 10.0 Å². The summed E-state index contributed by atoms with van der Waals surface area (Å²) in [5.41, 5.74) is 1.06. The molecule has 0 radical (unpaired) electrons. The molecule has 2 rings (SSSR count). The van der Waals surface area contributed by atoms with Gasteiger partial charge in [-0.05, 0) is 30.3 Å². The highest BCUT2D eigenvalue weighted by Gasteiger charge is 2.13. The first-order valence-electron chi connectivity index (χ1n) is 5.45. The molecule has 1 heterocycles. The third-order valence-electron chi connectivity index (χ3n) is 2.47. The molecule has 0 aliphatic carbocycles. The Labute approximate surface area is 120 Å². The van der Waals surface area contributed by atoms with E-state index in [0.717, 1.165) is 0 Å². The van der Waals surface area contributed by atoms with Crippen molar-refractivity contribution in [1.82, 2.24) is 0 Å². The fourth-order valence-corrected chi connectivity index (χ4v) is 2.21. The van der Waals surface area contributed by atoms with Gasteiger partial charge in [-0.3, -0.25) is 0 Å². The molecule has 2 aromatic rings. The van der Waals surface area contributed by atoms with Crippen molar-refractivity contribution in [1.29, 1.82) is 5.26 Å². The quantitative estimate of drug-likeness (QED) is 0.898. The molecule has 0 amide bonds. The number of halogens is 1. The third kappa shape index (κ3) is 3.30. The molecule has 0 aliphatic rings. The number of nitriles is 1. The van der Waals surface area contributed by atoms with Crippen LogP contribution in [-0.2, 0) is 16.6 Å². The Kier molecular flexibility index (Phi) is 3.99. The van der Waals surface area contributed by atoms with E-state index in [0.29, 0.717) is 22.0 Å². The summed E-state index contributed by atoms with van der Waals surface area (Å²) >= 11 is 5.89. The van der Waals surface area contributed by atoms with Crippen LogP contribution in [0, 0.1) is 11.3 Å². The standard InChI is InChI=1S/C12H10ClN3O3S/c13-11-5-9(2-1-8(11)6-14)16-7-10-3-4-12(19-10)20(15,17)18/h1-5,16H,7H2,(H2,15,17,18). The number of sulfonamides is 1. The highest BCUT2D eigenvalue weighted by atomic mass is 35.5. The van der Waals surface area contributed by atoms with Gasteiger partial charge in [0, 0.05) is 5.69 Å². The number of primary sulfonamides is 1. The maximum atomic E-state index is 11.1. The highest BCUT2D eigenvalue weighted by Crippen LogP contribution is 2.21. The van der Waals surface area contributed by atoms with Crippen molar-refractivity contribution < 1.29 is 12.8 Å². The zero-order valence-corrected chi connectivity index (χ0v) is 11.7. The molecule has 0 aliphatic heterocycles. The molecule has 6 nitrogen and oxygen atoms in total. The summed E-state index contributed by atoms with van der Waals surface area (Å²) in [6.45, 7) is 0.262. The summed E-state index contributed by atoms with van der Waals surface area (Å²) in [6.07, 6.45) is 0. The Hall–Kier alpha value is -2.01. The van der Waals surface area contributed by atoms with Crippen molar-refractivity contribution in [2.45, 2.75) is 11.6 Å². The van der Waals surface area contributed by atoms with Crippen molar-refractivity contribution >= 4 is 27.3 Å². The first-order chi connectivity index (χ1) is 9.40. The molecular weight excluding hydrogens is 302 g/mol. The predicted molar refractivity (Wildman–Crippen MR) is 73.6 cm³/mol. The lowest BCUT2D eigenvalue weighted by Crippen LogP contribution is -2.10. The summed E-state index contributed by atoms with van der Waals surface area (Å²) in [7, 11) is -3.83. The van der Waals surface area contributed by atoms with Gasteiger partial charge in [0.15, 0.2) is 0 Å². The first-order valence-corrected chi connectivity index (χ1v) is 7.37. The van der Waals surface area contributed by atoms with E-state index in [1.165, 1.54) is 12.1 Å². The number of nitrogens with two attached hydrogens (primary N) is 1. The molecule has 1 aromatic heterocycles. The van der Waals surface area contributed by atoms with E-state index in [9.17, 15) is 8.42 Å². The van der Waals surface area contributed by atoms with Gasteiger partial charge in [0.2, 0.25) is 5.09 Å². The number of nitrogens with zero attached hydrogens (tertiary/aromatic N) is 1. The zero-order valence-electron chi connectivity index (χ0n) is 10.1. The molecular formula is C12H10ClN3O3S. The molecule has 1 aromatic carbocycles. The number of benzene rings is 1. The van der Waals surface area contributed by atoms with Crippen LogP contribution >= 0.6 is 11.6 Å². The fraction of sp³-hybridized carbons (Fsp3) is 0.0833. The number of rotatable bonds is 4. The fourth-order valence-electron chi connectivity index (χ4n) is 1.51. The smallest absolute Gasteiger partial charge is 0.271 e. The van der Waals surface area contributed by atoms with E-state index in [1.54, 1.807) is 18.2 Å². The van der Waals surface area contributed by atoms with E-state index in [2.05, 4.69) is 5.32 Å². The lowest BCUT2D eigenvalue weighted by atomic mass is 10.2. The van der Waals surface area contributed by atoms with Crippen LogP contribution in [0.1, 0.15) is 11.3 Å². The van der Waals surface area contributed by atoms with Gasteiger partial charge in [-0.1, -0.05) is 11.6 Å². The molecule has 0 saturated carbocycles. The molecule has 3 N–H and O–H groups in total. The van der Waals surface area contributed by atoms with Crippen molar-refractivity contribution in [2.24, 2.45) is 5.14 Å².